The smallest absolute Gasteiger partial charge is 0.274 e. The van der Waals surface area contributed by atoms with Crippen molar-refractivity contribution >= 4 is 22.6 Å². The predicted molar refractivity (Wildman–Crippen MR) is 88.2 cm³/mol. The number of carbonyl (C=O) groups excluding carboxylic acids is 1. The van der Waals surface area contributed by atoms with Crippen molar-refractivity contribution in [2.24, 2.45) is 5.16 Å². The van der Waals surface area contributed by atoms with Gasteiger partial charge in [-0.3, -0.25) is 4.79 Å². The number of ether oxygens (including phenoxy) is 2. The summed E-state index contributed by atoms with van der Waals surface area (Å²) in [5.41, 5.74) is 1.35. The summed E-state index contributed by atoms with van der Waals surface area (Å²) >= 11 is 5.58. The van der Waals surface area contributed by atoms with Crippen LogP contribution >= 0.6 is 11.6 Å². The molecule has 0 amide bonds. The van der Waals surface area contributed by atoms with Crippen LogP contribution in [0, 0.1) is 0 Å². The lowest BCUT2D eigenvalue weighted by molar-refractivity contribution is -0.106. The quantitative estimate of drug-likeness (QED) is 0.443. The zero-order chi connectivity index (χ0) is 16.7. The second-order valence-electron chi connectivity index (χ2n) is 4.49. The molecule has 0 spiro atoms. The lowest BCUT2D eigenvalue weighted by Crippen LogP contribution is -2.14. The topological polar surface area (TPSA) is 57.1 Å². The Kier molecular flexibility index (Phi) is 6.00. The highest BCUT2D eigenvalue weighted by Crippen LogP contribution is 2.27. The Balaban J connectivity index is 2.27. The molecule has 2 aromatic carbocycles. The van der Waals surface area contributed by atoms with E-state index < -0.39 is 5.24 Å². The molecule has 0 aliphatic rings. The van der Waals surface area contributed by atoms with Gasteiger partial charge in [0.1, 0.15) is 13.7 Å². The third-order valence-corrected chi connectivity index (χ3v) is 3.27. The van der Waals surface area contributed by atoms with E-state index >= 15 is 0 Å². The van der Waals surface area contributed by atoms with Crippen LogP contribution in [0.4, 0.5) is 0 Å². The summed E-state index contributed by atoms with van der Waals surface area (Å²) < 4.78 is 11.0. The van der Waals surface area contributed by atoms with Crippen molar-refractivity contribution in [2.75, 3.05) is 14.2 Å². The van der Waals surface area contributed by atoms with E-state index in [2.05, 4.69) is 5.16 Å². The number of carbonyl (C=O) groups is 1. The number of rotatable bonds is 7. The summed E-state index contributed by atoms with van der Waals surface area (Å²) in [6, 6.07) is 14.5. The Bertz CT molecular complexity index is 715. The minimum Gasteiger partial charge on any atom is -0.493 e. The summed E-state index contributed by atoms with van der Waals surface area (Å²) in [4.78, 5) is 16.3. The number of benzene rings is 2. The minimum absolute atomic E-state index is 0.0355. The van der Waals surface area contributed by atoms with Crippen LogP contribution in [0.5, 0.6) is 11.5 Å². The number of halogens is 1. The molecule has 0 fully saturated rings. The van der Waals surface area contributed by atoms with Crippen LogP contribution in [0.1, 0.15) is 11.1 Å². The summed E-state index contributed by atoms with van der Waals surface area (Å²) in [5, 5.41) is 3.00. The Hall–Kier alpha value is -2.53. The highest BCUT2D eigenvalue weighted by Gasteiger charge is 2.17. The fourth-order valence-corrected chi connectivity index (χ4v) is 2.19. The first kappa shape index (κ1) is 16.8. The van der Waals surface area contributed by atoms with E-state index in [1.165, 1.54) is 7.11 Å². The minimum atomic E-state index is -0.698. The summed E-state index contributed by atoms with van der Waals surface area (Å²) in [5.74, 6) is 1.23. The Morgan fingerprint density at radius 1 is 1.04 bits per heavy atom. The molecule has 0 unspecified atom stereocenters. The maximum absolute atomic E-state index is 11.6. The third-order valence-electron chi connectivity index (χ3n) is 3.09. The lowest BCUT2D eigenvalue weighted by atomic mass is 10.0. The van der Waals surface area contributed by atoms with Crippen molar-refractivity contribution in [3.05, 3.63) is 59.7 Å². The van der Waals surface area contributed by atoms with Crippen LogP contribution in [0.2, 0.25) is 0 Å². The van der Waals surface area contributed by atoms with Gasteiger partial charge in [0.15, 0.2) is 17.2 Å². The van der Waals surface area contributed by atoms with Crippen molar-refractivity contribution in [2.45, 2.75) is 6.61 Å². The van der Waals surface area contributed by atoms with E-state index in [-0.39, 0.29) is 12.3 Å². The van der Waals surface area contributed by atoms with Crippen molar-refractivity contribution < 1.29 is 19.1 Å². The first-order chi connectivity index (χ1) is 11.2. The SMILES string of the molecule is CON=C(C(=O)Cl)c1ccccc1COc1ccccc1OC. The molecule has 0 saturated heterocycles. The standard InChI is InChI=1S/C17H16ClNO4/c1-21-14-9-5-6-10-15(14)23-11-12-7-3-4-8-13(12)16(17(18)20)19-22-2/h3-10H,11H2,1-2H3. The molecule has 120 valence electrons. The average Bonchev–Trinajstić information content (AvgIpc) is 2.58. The van der Waals surface area contributed by atoms with Gasteiger partial charge in [0.25, 0.3) is 5.24 Å². The van der Waals surface area contributed by atoms with Gasteiger partial charge >= 0.3 is 0 Å². The van der Waals surface area contributed by atoms with Crippen molar-refractivity contribution in [1.29, 1.82) is 0 Å². The van der Waals surface area contributed by atoms with Crippen LogP contribution in [0.3, 0.4) is 0 Å². The number of para-hydroxylation sites is 2. The van der Waals surface area contributed by atoms with Crippen LogP contribution in [-0.4, -0.2) is 25.2 Å². The van der Waals surface area contributed by atoms with E-state index in [1.807, 2.05) is 24.3 Å². The van der Waals surface area contributed by atoms with Crippen LogP contribution in [0.15, 0.2) is 53.7 Å². The lowest BCUT2D eigenvalue weighted by Gasteiger charge is -2.13. The van der Waals surface area contributed by atoms with Crippen LogP contribution in [0.25, 0.3) is 0 Å². The molecule has 0 bridgehead atoms. The van der Waals surface area contributed by atoms with E-state index in [9.17, 15) is 4.79 Å². The molecule has 0 aliphatic carbocycles. The van der Waals surface area contributed by atoms with Gasteiger partial charge in [0.05, 0.1) is 7.11 Å². The van der Waals surface area contributed by atoms with Gasteiger partial charge in [-0.1, -0.05) is 41.6 Å². The molecule has 23 heavy (non-hydrogen) atoms. The molecule has 2 aromatic rings. The summed E-state index contributed by atoms with van der Waals surface area (Å²) in [7, 11) is 2.93. The van der Waals surface area contributed by atoms with Crippen LogP contribution in [-0.2, 0) is 16.2 Å². The van der Waals surface area contributed by atoms with E-state index in [0.29, 0.717) is 17.1 Å². The number of hydrogen-bond acceptors (Lipinski definition) is 5. The number of hydrogen-bond donors (Lipinski definition) is 0. The van der Waals surface area contributed by atoms with Gasteiger partial charge in [-0.2, -0.15) is 0 Å². The van der Waals surface area contributed by atoms with Gasteiger partial charge in [0.2, 0.25) is 0 Å². The first-order valence-corrected chi connectivity index (χ1v) is 7.20. The highest BCUT2D eigenvalue weighted by atomic mass is 35.5. The number of nitrogens with zero attached hydrogens (tertiary/aromatic N) is 1. The first-order valence-electron chi connectivity index (χ1n) is 6.82. The van der Waals surface area contributed by atoms with Crippen molar-refractivity contribution in [3.63, 3.8) is 0 Å². The summed E-state index contributed by atoms with van der Waals surface area (Å²) in [6.45, 7) is 0.226. The van der Waals surface area contributed by atoms with E-state index in [0.717, 1.165) is 5.56 Å². The fourth-order valence-electron chi connectivity index (χ4n) is 2.05. The molecule has 0 aromatic heterocycles. The molecule has 5 nitrogen and oxygen atoms in total. The predicted octanol–water partition coefficient (Wildman–Crippen LogP) is 3.39. The maximum Gasteiger partial charge on any atom is 0.274 e. The molecule has 0 aliphatic heterocycles. The highest BCUT2D eigenvalue weighted by molar-refractivity contribution is 6.84. The van der Waals surface area contributed by atoms with Crippen molar-refractivity contribution in [1.82, 2.24) is 0 Å². The van der Waals surface area contributed by atoms with Gasteiger partial charge in [-0.05, 0) is 29.3 Å². The fraction of sp³-hybridized carbons (Fsp3) is 0.176. The molecule has 0 N–H and O–H groups in total. The molecule has 2 rings (SSSR count). The molecular weight excluding hydrogens is 318 g/mol. The molecule has 0 saturated carbocycles. The molecule has 0 radical (unpaired) electrons. The Morgan fingerprint density at radius 3 is 2.35 bits per heavy atom. The molecular formula is C17H16ClNO4. The summed E-state index contributed by atoms with van der Waals surface area (Å²) in [6.07, 6.45) is 0. The molecule has 0 atom stereocenters. The third kappa shape index (κ3) is 4.23. The Morgan fingerprint density at radius 2 is 1.70 bits per heavy atom. The zero-order valence-electron chi connectivity index (χ0n) is 12.8. The average molecular weight is 334 g/mol. The zero-order valence-corrected chi connectivity index (χ0v) is 13.5. The monoisotopic (exact) mass is 333 g/mol. The van der Waals surface area contributed by atoms with Crippen LogP contribution < -0.4 is 9.47 Å². The van der Waals surface area contributed by atoms with Gasteiger partial charge < -0.3 is 14.3 Å². The van der Waals surface area contributed by atoms with Gasteiger partial charge in [-0.25, -0.2) is 0 Å². The number of methoxy groups -OCH3 is 1. The normalized spacial score (nSPS) is 11.0. The largest absolute Gasteiger partial charge is 0.493 e. The maximum atomic E-state index is 11.6. The molecule has 6 heteroatoms. The van der Waals surface area contributed by atoms with E-state index in [4.69, 9.17) is 25.9 Å². The second kappa shape index (κ2) is 8.19. The van der Waals surface area contributed by atoms with Gasteiger partial charge in [-0.15, -0.1) is 0 Å². The molecule has 0 heterocycles. The second-order valence-corrected chi connectivity index (χ2v) is 4.84. The van der Waals surface area contributed by atoms with Crippen molar-refractivity contribution in [3.8, 4) is 11.5 Å². The van der Waals surface area contributed by atoms with E-state index in [1.54, 1.807) is 31.4 Å². The Labute approximate surface area is 139 Å². The number of oxime groups is 1. The van der Waals surface area contributed by atoms with Gasteiger partial charge in [0, 0.05) is 5.56 Å².